The van der Waals surface area contributed by atoms with Crippen LogP contribution in [0.4, 0.5) is 22.0 Å². The SMILES string of the molecule is NCc1cc(C(F)(F)F)c(CC(=O)O)nc1C(F)F. The third-order valence-corrected chi connectivity index (χ3v) is 2.26. The highest BCUT2D eigenvalue weighted by atomic mass is 19.4. The van der Waals surface area contributed by atoms with Gasteiger partial charge in [-0.25, -0.2) is 8.78 Å². The second-order valence-corrected chi connectivity index (χ2v) is 3.60. The number of nitrogens with zero attached hydrogens (tertiary/aromatic N) is 1. The lowest BCUT2D eigenvalue weighted by Crippen LogP contribution is -2.18. The molecule has 0 atom stereocenters. The molecular formula is C10H9F5N2O2. The van der Waals surface area contributed by atoms with E-state index >= 15 is 0 Å². The average Bonchev–Trinajstić information content (AvgIpc) is 2.25. The third kappa shape index (κ3) is 3.60. The molecule has 19 heavy (non-hydrogen) atoms. The van der Waals surface area contributed by atoms with Crippen molar-refractivity contribution in [1.29, 1.82) is 0 Å². The number of halogens is 5. The van der Waals surface area contributed by atoms with Gasteiger partial charge < -0.3 is 10.8 Å². The van der Waals surface area contributed by atoms with Gasteiger partial charge in [0, 0.05) is 6.54 Å². The summed E-state index contributed by atoms with van der Waals surface area (Å²) >= 11 is 0. The topological polar surface area (TPSA) is 76.2 Å². The van der Waals surface area contributed by atoms with Crippen LogP contribution in [0.1, 0.15) is 28.9 Å². The van der Waals surface area contributed by atoms with Gasteiger partial charge in [-0.1, -0.05) is 0 Å². The van der Waals surface area contributed by atoms with Crippen molar-refractivity contribution in [3.05, 3.63) is 28.6 Å². The first-order valence-electron chi connectivity index (χ1n) is 4.96. The Hall–Kier alpha value is -1.77. The second-order valence-electron chi connectivity index (χ2n) is 3.60. The maximum atomic E-state index is 12.7. The highest BCUT2D eigenvalue weighted by molar-refractivity contribution is 5.70. The molecule has 0 spiro atoms. The van der Waals surface area contributed by atoms with Gasteiger partial charge in [0.2, 0.25) is 0 Å². The fourth-order valence-corrected chi connectivity index (χ4v) is 1.48. The van der Waals surface area contributed by atoms with Crippen LogP contribution in [0.2, 0.25) is 0 Å². The van der Waals surface area contributed by atoms with Gasteiger partial charge in [0.05, 0.1) is 17.7 Å². The van der Waals surface area contributed by atoms with Crippen molar-refractivity contribution in [3.63, 3.8) is 0 Å². The van der Waals surface area contributed by atoms with E-state index in [0.29, 0.717) is 6.07 Å². The molecule has 1 rings (SSSR count). The zero-order chi connectivity index (χ0) is 14.8. The number of alkyl halides is 5. The Labute approximate surface area is 104 Å². The van der Waals surface area contributed by atoms with Crippen LogP contribution in [0.15, 0.2) is 6.07 Å². The number of aromatic nitrogens is 1. The van der Waals surface area contributed by atoms with Crippen molar-refractivity contribution in [2.45, 2.75) is 25.6 Å². The summed E-state index contributed by atoms with van der Waals surface area (Å²) in [5.41, 5.74) is 1.40. The van der Waals surface area contributed by atoms with Crippen molar-refractivity contribution in [1.82, 2.24) is 4.98 Å². The number of pyridine rings is 1. The Morgan fingerprint density at radius 3 is 2.37 bits per heavy atom. The number of aliphatic carboxylic acids is 1. The average molecular weight is 284 g/mol. The van der Waals surface area contributed by atoms with Crippen LogP contribution in [0.5, 0.6) is 0 Å². The van der Waals surface area contributed by atoms with Crippen molar-refractivity contribution in [3.8, 4) is 0 Å². The molecule has 3 N–H and O–H groups in total. The number of nitrogens with two attached hydrogens (primary N) is 1. The fraction of sp³-hybridized carbons (Fsp3) is 0.400. The van der Waals surface area contributed by atoms with Crippen LogP contribution in [0.3, 0.4) is 0 Å². The van der Waals surface area contributed by atoms with Gasteiger partial charge in [0.1, 0.15) is 5.69 Å². The molecule has 9 heteroatoms. The molecule has 4 nitrogen and oxygen atoms in total. The van der Waals surface area contributed by atoms with E-state index in [4.69, 9.17) is 10.8 Å². The Bertz CT molecular complexity index is 488. The lowest BCUT2D eigenvalue weighted by Gasteiger charge is -2.15. The molecule has 0 amide bonds. The van der Waals surface area contributed by atoms with Gasteiger partial charge in [-0.15, -0.1) is 0 Å². The number of hydrogen-bond acceptors (Lipinski definition) is 3. The van der Waals surface area contributed by atoms with Crippen molar-refractivity contribution in [2.75, 3.05) is 0 Å². The maximum absolute atomic E-state index is 12.7. The van der Waals surface area contributed by atoms with E-state index in [1.165, 1.54) is 0 Å². The molecule has 0 aliphatic rings. The van der Waals surface area contributed by atoms with Gasteiger partial charge in [0.25, 0.3) is 6.43 Å². The zero-order valence-corrected chi connectivity index (χ0v) is 9.34. The van der Waals surface area contributed by atoms with E-state index < -0.39 is 54.1 Å². The molecule has 1 heterocycles. The quantitative estimate of drug-likeness (QED) is 0.830. The summed E-state index contributed by atoms with van der Waals surface area (Å²) in [4.78, 5) is 13.6. The zero-order valence-electron chi connectivity index (χ0n) is 9.34. The van der Waals surface area contributed by atoms with Crippen LogP contribution >= 0.6 is 0 Å². The molecule has 0 aliphatic carbocycles. The summed E-state index contributed by atoms with van der Waals surface area (Å²) < 4.78 is 63.3. The summed E-state index contributed by atoms with van der Waals surface area (Å²) in [6, 6.07) is 0.423. The largest absolute Gasteiger partial charge is 0.481 e. The first-order chi connectivity index (χ1) is 8.66. The Morgan fingerprint density at radius 2 is 2.00 bits per heavy atom. The summed E-state index contributed by atoms with van der Waals surface area (Å²) in [6.07, 6.45) is -9.12. The van der Waals surface area contributed by atoms with Crippen LogP contribution in [0.25, 0.3) is 0 Å². The molecule has 1 aromatic rings. The molecule has 1 aromatic heterocycles. The second kappa shape index (κ2) is 5.47. The minimum Gasteiger partial charge on any atom is -0.481 e. The molecule has 0 aliphatic heterocycles. The highest BCUT2D eigenvalue weighted by Gasteiger charge is 2.36. The van der Waals surface area contributed by atoms with E-state index in [0.717, 1.165) is 0 Å². The monoisotopic (exact) mass is 284 g/mol. The number of rotatable bonds is 4. The summed E-state index contributed by atoms with van der Waals surface area (Å²) in [6.45, 7) is -0.552. The van der Waals surface area contributed by atoms with Gasteiger partial charge >= 0.3 is 12.1 Å². The van der Waals surface area contributed by atoms with E-state index in [1.807, 2.05) is 0 Å². The molecule has 0 aromatic carbocycles. The maximum Gasteiger partial charge on any atom is 0.418 e. The van der Waals surface area contributed by atoms with Crippen LogP contribution in [-0.4, -0.2) is 16.1 Å². The van der Waals surface area contributed by atoms with Crippen molar-refractivity contribution in [2.24, 2.45) is 5.73 Å². The molecule has 106 valence electrons. The lowest BCUT2D eigenvalue weighted by atomic mass is 10.0. The van der Waals surface area contributed by atoms with Gasteiger partial charge in [-0.05, 0) is 11.6 Å². The molecule has 0 unspecified atom stereocenters. The lowest BCUT2D eigenvalue weighted by molar-refractivity contribution is -0.140. The van der Waals surface area contributed by atoms with Gasteiger partial charge in [0.15, 0.2) is 0 Å². The molecule has 0 fully saturated rings. The van der Waals surface area contributed by atoms with E-state index in [1.54, 1.807) is 0 Å². The van der Waals surface area contributed by atoms with Crippen LogP contribution < -0.4 is 5.73 Å². The van der Waals surface area contributed by atoms with E-state index in [-0.39, 0.29) is 0 Å². The summed E-state index contributed by atoms with van der Waals surface area (Å²) in [5, 5.41) is 8.49. The molecular weight excluding hydrogens is 275 g/mol. The predicted octanol–water partition coefficient (Wildman–Crippen LogP) is 2.12. The standard InChI is InChI=1S/C10H9F5N2O2/c11-9(12)8-4(3-16)1-5(10(13,14)15)6(17-8)2-7(18)19/h1,9H,2-3,16H2,(H,18,19). The van der Waals surface area contributed by atoms with Gasteiger partial charge in [-0.3, -0.25) is 9.78 Å². The van der Waals surface area contributed by atoms with Crippen molar-refractivity contribution < 1.29 is 31.9 Å². The van der Waals surface area contributed by atoms with Crippen LogP contribution in [0, 0.1) is 0 Å². The summed E-state index contributed by atoms with van der Waals surface area (Å²) in [5.74, 6) is -1.60. The summed E-state index contributed by atoms with van der Waals surface area (Å²) in [7, 11) is 0. The molecule has 0 bridgehead atoms. The Kier molecular flexibility index (Phi) is 4.40. The van der Waals surface area contributed by atoms with E-state index in [9.17, 15) is 26.7 Å². The van der Waals surface area contributed by atoms with Gasteiger partial charge in [-0.2, -0.15) is 13.2 Å². The smallest absolute Gasteiger partial charge is 0.418 e. The molecule has 0 saturated carbocycles. The van der Waals surface area contributed by atoms with Crippen molar-refractivity contribution >= 4 is 5.97 Å². The minimum absolute atomic E-state index is 0.423. The first-order valence-corrected chi connectivity index (χ1v) is 4.96. The number of hydrogen-bond donors (Lipinski definition) is 2. The number of carboxylic acids is 1. The number of carbonyl (C=O) groups is 1. The fourth-order valence-electron chi connectivity index (χ4n) is 1.48. The Balaban J connectivity index is 3.48. The Morgan fingerprint density at radius 1 is 1.42 bits per heavy atom. The molecule has 0 radical (unpaired) electrons. The first kappa shape index (κ1) is 15.3. The highest BCUT2D eigenvalue weighted by Crippen LogP contribution is 2.34. The predicted molar refractivity (Wildman–Crippen MR) is 53.4 cm³/mol. The van der Waals surface area contributed by atoms with Crippen LogP contribution in [-0.2, 0) is 23.9 Å². The third-order valence-electron chi connectivity index (χ3n) is 2.26. The molecule has 0 saturated heterocycles. The van der Waals surface area contributed by atoms with E-state index in [2.05, 4.69) is 4.98 Å². The minimum atomic E-state index is -4.89. The normalized spacial score (nSPS) is 11.9. The number of carboxylic acid groups (broad SMARTS) is 1.